The van der Waals surface area contributed by atoms with Crippen molar-refractivity contribution in [2.45, 2.75) is 38.1 Å². The van der Waals surface area contributed by atoms with E-state index in [4.69, 9.17) is 16.3 Å². The number of aliphatic hydroxyl groups is 1. The number of anilines is 1. The number of halogens is 1. The van der Waals surface area contributed by atoms with Crippen molar-refractivity contribution in [3.05, 3.63) is 75.9 Å². The Bertz CT molecular complexity index is 1400. The minimum absolute atomic E-state index is 0.0424. The number of amides is 2. The van der Waals surface area contributed by atoms with Crippen LogP contribution in [0, 0.1) is 0 Å². The van der Waals surface area contributed by atoms with E-state index in [0.29, 0.717) is 60.5 Å². The van der Waals surface area contributed by atoms with E-state index in [2.05, 4.69) is 27.4 Å². The monoisotopic (exact) mass is 533 g/mol. The van der Waals surface area contributed by atoms with Crippen LogP contribution < -0.4 is 5.32 Å². The van der Waals surface area contributed by atoms with Crippen molar-refractivity contribution in [1.82, 2.24) is 19.8 Å². The zero-order valence-corrected chi connectivity index (χ0v) is 21.5. The van der Waals surface area contributed by atoms with E-state index in [0.717, 1.165) is 17.5 Å². The van der Waals surface area contributed by atoms with Gasteiger partial charge < -0.3 is 25.0 Å². The Labute approximate surface area is 225 Å². The zero-order chi connectivity index (χ0) is 26.2. The highest BCUT2D eigenvalue weighted by atomic mass is 35.5. The van der Waals surface area contributed by atoms with Gasteiger partial charge in [0.1, 0.15) is 6.54 Å². The zero-order valence-electron chi connectivity index (χ0n) is 20.8. The average Bonchev–Trinajstić information content (AvgIpc) is 3.24. The number of hydrogen-bond donors (Lipinski definition) is 2. The Morgan fingerprint density at radius 1 is 1.16 bits per heavy atom. The Balaban J connectivity index is 1.16. The molecule has 196 valence electrons. The maximum absolute atomic E-state index is 13.3. The van der Waals surface area contributed by atoms with Gasteiger partial charge in [-0.15, -0.1) is 0 Å². The van der Waals surface area contributed by atoms with Crippen molar-refractivity contribution < 1.29 is 19.4 Å². The minimum Gasteiger partial charge on any atom is -0.389 e. The fraction of sp³-hybridized carbons (Fsp3) is 0.357. The molecule has 38 heavy (non-hydrogen) atoms. The molecule has 6 rings (SSSR count). The summed E-state index contributed by atoms with van der Waals surface area (Å²) in [5.74, 6) is 0.115. The van der Waals surface area contributed by atoms with Gasteiger partial charge in [-0.2, -0.15) is 0 Å². The molecule has 4 heterocycles. The topological polar surface area (TPSA) is 108 Å². The lowest BCUT2D eigenvalue weighted by atomic mass is 10.00. The summed E-state index contributed by atoms with van der Waals surface area (Å²) in [5.41, 5.74) is 5.02. The quantitative estimate of drug-likeness (QED) is 0.519. The highest BCUT2D eigenvalue weighted by molar-refractivity contribution is 6.33. The van der Waals surface area contributed by atoms with Crippen LogP contribution in [0.5, 0.6) is 0 Å². The van der Waals surface area contributed by atoms with Crippen LogP contribution in [0.25, 0.3) is 11.3 Å². The molecule has 1 fully saturated rings. The summed E-state index contributed by atoms with van der Waals surface area (Å²) in [6.45, 7) is 2.46. The van der Waals surface area contributed by atoms with Crippen molar-refractivity contribution in [2.24, 2.45) is 0 Å². The molecule has 3 aliphatic rings. The van der Waals surface area contributed by atoms with Gasteiger partial charge in [-0.3, -0.25) is 9.59 Å². The van der Waals surface area contributed by atoms with Gasteiger partial charge in [0.2, 0.25) is 11.9 Å². The second-order valence-electron chi connectivity index (χ2n) is 9.94. The van der Waals surface area contributed by atoms with Gasteiger partial charge in [0.25, 0.3) is 5.91 Å². The van der Waals surface area contributed by atoms with Gasteiger partial charge in [-0.25, -0.2) is 9.97 Å². The summed E-state index contributed by atoms with van der Waals surface area (Å²) in [6, 6.07) is 13.5. The first-order valence-electron chi connectivity index (χ1n) is 12.8. The average molecular weight is 534 g/mol. The number of nitrogens with zero attached hydrogens (tertiary/aromatic N) is 4. The largest absolute Gasteiger partial charge is 0.389 e. The number of rotatable bonds is 5. The third-order valence-electron chi connectivity index (χ3n) is 7.46. The Morgan fingerprint density at radius 3 is 2.84 bits per heavy atom. The maximum atomic E-state index is 13.3. The molecule has 0 radical (unpaired) electrons. The second kappa shape index (κ2) is 10.3. The van der Waals surface area contributed by atoms with Crippen LogP contribution in [-0.4, -0.2) is 75.1 Å². The molecule has 9 nitrogen and oxygen atoms in total. The first-order chi connectivity index (χ1) is 18.5. The summed E-state index contributed by atoms with van der Waals surface area (Å²) in [4.78, 5) is 38.6. The van der Waals surface area contributed by atoms with Gasteiger partial charge in [-0.1, -0.05) is 48.0 Å². The molecule has 10 heteroatoms. The molecule has 2 amide bonds. The molecule has 0 aliphatic carbocycles. The van der Waals surface area contributed by atoms with Gasteiger partial charge in [-0.05, 0) is 35.6 Å². The molecule has 0 saturated carbocycles. The van der Waals surface area contributed by atoms with Crippen LogP contribution in [0.1, 0.15) is 33.5 Å². The first kappa shape index (κ1) is 24.8. The van der Waals surface area contributed by atoms with Crippen LogP contribution in [0.15, 0.2) is 48.7 Å². The molecule has 0 unspecified atom stereocenters. The summed E-state index contributed by atoms with van der Waals surface area (Å²) in [5, 5.41) is 13.7. The fourth-order valence-corrected chi connectivity index (χ4v) is 5.50. The van der Waals surface area contributed by atoms with Crippen molar-refractivity contribution in [1.29, 1.82) is 0 Å². The van der Waals surface area contributed by atoms with E-state index in [1.807, 2.05) is 29.2 Å². The Morgan fingerprint density at radius 2 is 2.00 bits per heavy atom. The number of aromatic nitrogens is 2. The second-order valence-corrected chi connectivity index (χ2v) is 10.3. The minimum atomic E-state index is -0.655. The van der Waals surface area contributed by atoms with Crippen LogP contribution >= 0.6 is 11.6 Å². The van der Waals surface area contributed by atoms with E-state index >= 15 is 0 Å². The lowest BCUT2D eigenvalue weighted by Crippen LogP contribution is -2.42. The highest BCUT2D eigenvalue weighted by Gasteiger charge is 2.32. The molecule has 1 saturated heterocycles. The van der Waals surface area contributed by atoms with Crippen LogP contribution in [-0.2, 0) is 29.0 Å². The van der Waals surface area contributed by atoms with E-state index in [-0.39, 0.29) is 31.0 Å². The normalized spacial score (nSPS) is 20.7. The molecular formula is C28H28ClN5O4. The number of carbonyl (C=O) groups excluding carboxylic acids is 2. The maximum Gasteiger partial charge on any atom is 0.254 e. The van der Waals surface area contributed by atoms with E-state index in [9.17, 15) is 14.7 Å². The predicted octanol–water partition coefficient (Wildman–Crippen LogP) is 2.90. The molecule has 3 aromatic rings. The number of ether oxygens (including phenoxy) is 1. The van der Waals surface area contributed by atoms with Crippen LogP contribution in [0.2, 0.25) is 5.02 Å². The number of aliphatic hydroxyl groups excluding tert-OH is 1. The third kappa shape index (κ3) is 4.84. The number of benzene rings is 2. The molecule has 0 bridgehead atoms. The van der Waals surface area contributed by atoms with Crippen molar-refractivity contribution in [2.75, 3.05) is 31.6 Å². The van der Waals surface area contributed by atoms with Gasteiger partial charge in [0.05, 0.1) is 35.7 Å². The van der Waals surface area contributed by atoms with Crippen molar-refractivity contribution in [3.63, 3.8) is 0 Å². The fourth-order valence-electron chi connectivity index (χ4n) is 5.30. The molecule has 2 aromatic carbocycles. The lowest BCUT2D eigenvalue weighted by molar-refractivity contribution is -0.132. The Hall–Kier alpha value is -3.53. The van der Waals surface area contributed by atoms with Crippen LogP contribution in [0.3, 0.4) is 0 Å². The van der Waals surface area contributed by atoms with Gasteiger partial charge in [0.15, 0.2) is 0 Å². The molecule has 0 spiro atoms. The molecular weight excluding hydrogens is 506 g/mol. The highest BCUT2D eigenvalue weighted by Crippen LogP contribution is 2.32. The smallest absolute Gasteiger partial charge is 0.254 e. The molecule has 1 aromatic heterocycles. The van der Waals surface area contributed by atoms with E-state index in [1.165, 1.54) is 11.8 Å². The number of fused-ring (bicyclic) bond motifs is 2. The van der Waals surface area contributed by atoms with Gasteiger partial charge in [0, 0.05) is 37.4 Å². The summed E-state index contributed by atoms with van der Waals surface area (Å²) >= 11 is 6.44. The summed E-state index contributed by atoms with van der Waals surface area (Å²) < 4.78 is 5.28. The number of nitrogens with one attached hydrogen (secondary N) is 1. The lowest BCUT2D eigenvalue weighted by Gasteiger charge is -2.30. The van der Waals surface area contributed by atoms with Crippen LogP contribution in [0.4, 0.5) is 5.95 Å². The van der Waals surface area contributed by atoms with Crippen molar-refractivity contribution >= 4 is 29.4 Å². The van der Waals surface area contributed by atoms with E-state index < -0.39 is 6.10 Å². The predicted molar refractivity (Wildman–Crippen MR) is 142 cm³/mol. The number of hydrogen-bond acceptors (Lipinski definition) is 7. The van der Waals surface area contributed by atoms with Gasteiger partial charge >= 0.3 is 0 Å². The van der Waals surface area contributed by atoms with Crippen molar-refractivity contribution in [3.8, 4) is 11.3 Å². The SMILES string of the molecule is O=C(CN1Cc2ccc(-c3nc(N[C@H]4CCOC[C@@H]4O)ncc3Cl)cc2C1=O)N1CCc2ccccc2C1. The third-order valence-corrected chi connectivity index (χ3v) is 7.73. The Kier molecular flexibility index (Phi) is 6.73. The molecule has 3 aliphatic heterocycles. The molecule has 2 atom stereocenters. The van der Waals surface area contributed by atoms with E-state index in [1.54, 1.807) is 11.0 Å². The molecule has 2 N–H and O–H groups in total. The summed E-state index contributed by atoms with van der Waals surface area (Å²) in [6.07, 6.45) is 2.31. The standard InChI is InChI=1S/C28H28ClN5O4/c29-22-12-30-28(31-23-8-10-38-16-24(23)35)32-26(22)18-5-6-20-14-34(27(37)21(20)11-18)15-25(36)33-9-7-17-3-1-2-4-19(17)13-33/h1-6,11-12,23-24,35H,7-10,13-16H2,(H,30,31,32)/t23-,24-/m0/s1. The number of carbonyl (C=O) groups is 2. The summed E-state index contributed by atoms with van der Waals surface area (Å²) in [7, 11) is 0. The first-order valence-corrected chi connectivity index (χ1v) is 13.2.